The summed E-state index contributed by atoms with van der Waals surface area (Å²) in [6.45, 7) is 8.08. The van der Waals surface area contributed by atoms with Crippen LogP contribution in [0.3, 0.4) is 0 Å². The highest BCUT2D eigenvalue weighted by molar-refractivity contribution is 7.13. The second-order valence-corrected chi connectivity index (χ2v) is 14.0. The molecule has 0 radical (unpaired) electrons. The molecule has 3 aliphatic heterocycles. The average molecular weight is 668 g/mol. The third kappa shape index (κ3) is 8.04. The van der Waals surface area contributed by atoms with Crippen molar-refractivity contribution in [2.24, 2.45) is 5.41 Å². The van der Waals surface area contributed by atoms with E-state index in [1.165, 1.54) is 4.90 Å². The first-order valence-electron chi connectivity index (χ1n) is 15.1. The van der Waals surface area contributed by atoms with E-state index in [-0.39, 0.29) is 30.7 Å². The van der Waals surface area contributed by atoms with E-state index in [2.05, 4.69) is 20.9 Å². The van der Waals surface area contributed by atoms with Crippen LogP contribution in [0.2, 0.25) is 0 Å². The van der Waals surface area contributed by atoms with Gasteiger partial charge < -0.3 is 31.1 Å². The summed E-state index contributed by atoms with van der Waals surface area (Å²) in [7, 11) is 0. The van der Waals surface area contributed by atoms with Crippen molar-refractivity contribution in [2.75, 3.05) is 6.54 Å². The van der Waals surface area contributed by atoms with Gasteiger partial charge in [-0.05, 0) is 49.1 Å². The number of carboxylic acids is 1. The molecule has 2 aromatic rings. The summed E-state index contributed by atoms with van der Waals surface area (Å²) in [6.07, 6.45) is -2.24. The van der Waals surface area contributed by atoms with Crippen molar-refractivity contribution in [1.29, 1.82) is 0 Å². The summed E-state index contributed by atoms with van der Waals surface area (Å²) in [5, 5.41) is 27.0. The molecule has 3 fully saturated rings. The molecular formula is C31H40F3N5O6S. The fraction of sp³-hybridized carbons (Fsp3) is 0.581. The van der Waals surface area contributed by atoms with Gasteiger partial charge in [-0.1, -0.05) is 45.0 Å². The van der Waals surface area contributed by atoms with Gasteiger partial charge in [0.2, 0.25) is 17.7 Å². The number of alkyl halides is 3. The van der Waals surface area contributed by atoms with E-state index in [1.54, 1.807) is 11.3 Å². The number of amides is 3. The largest absolute Gasteiger partial charge is 0.490 e. The number of carbonyl (C=O) groups excluding carboxylic acids is 3. The van der Waals surface area contributed by atoms with Crippen molar-refractivity contribution in [1.82, 2.24) is 25.8 Å². The van der Waals surface area contributed by atoms with Gasteiger partial charge in [-0.15, -0.1) is 11.3 Å². The van der Waals surface area contributed by atoms with Gasteiger partial charge in [-0.3, -0.25) is 14.4 Å². The zero-order chi connectivity index (χ0) is 34.0. The number of likely N-dealkylation sites (tertiary alicyclic amines) is 1. The number of halogens is 3. The summed E-state index contributed by atoms with van der Waals surface area (Å²) in [4.78, 5) is 56.3. The molecular weight excluding hydrogens is 627 g/mol. The lowest BCUT2D eigenvalue weighted by atomic mass is 9.83. The number of aryl methyl sites for hydroxylation is 1. The number of rotatable bonds is 7. The van der Waals surface area contributed by atoms with Crippen LogP contribution in [-0.4, -0.2) is 86.3 Å². The lowest BCUT2D eigenvalue weighted by Crippen LogP contribution is -2.62. The number of aromatic nitrogens is 1. The number of thiazole rings is 1. The molecule has 3 atom stereocenters. The Morgan fingerprint density at radius 2 is 1.74 bits per heavy atom. The first-order valence-corrected chi connectivity index (χ1v) is 15.9. The van der Waals surface area contributed by atoms with Crippen molar-refractivity contribution in [2.45, 2.75) is 102 Å². The van der Waals surface area contributed by atoms with Crippen molar-refractivity contribution in [3.63, 3.8) is 0 Å². The standard InChI is InChI=1S/C29H39N5O4S.C2HF3O2/c1-17-23(39-16-31-17)19-7-5-18(6-8-19)14-30-25(36)22-13-21(35)15-34(22)26(37)24(28(2,3)4)32-27(38)29-11-9-20(33-29)10-12-29;3-2(4,5)1(6)7/h5-8,16,20-22,24,33,35H,9-15H2,1-4H3,(H,30,36)(H,32,38);(H,6,7)/t20?,21-,22+,24+,29?;/m1./s1. The molecule has 0 aliphatic carbocycles. The Bertz CT molecular complexity index is 1430. The number of aliphatic carboxylic acids is 1. The molecule has 0 spiro atoms. The van der Waals surface area contributed by atoms with Gasteiger partial charge in [0.1, 0.15) is 12.1 Å². The average Bonchev–Trinajstić information content (AvgIpc) is 3.78. The normalized spacial score (nSPS) is 24.6. The predicted molar refractivity (Wildman–Crippen MR) is 163 cm³/mol. The SMILES string of the molecule is Cc1ncsc1-c1ccc(CNC(=O)[C@@H]2C[C@@H](O)CN2C(=O)[C@H](NC(=O)C23CCC(CC2)N3)C(C)(C)C)cc1.O=C(O)C(F)(F)F. The molecule has 1 aromatic heterocycles. The van der Waals surface area contributed by atoms with Crippen LogP contribution in [0.25, 0.3) is 10.4 Å². The Hall–Kier alpha value is -3.56. The lowest BCUT2D eigenvalue weighted by molar-refractivity contribution is -0.192. The summed E-state index contributed by atoms with van der Waals surface area (Å²) in [5.41, 5.74) is 3.64. The number of nitrogens with zero attached hydrogens (tertiary/aromatic N) is 2. The molecule has 4 heterocycles. The maximum Gasteiger partial charge on any atom is 0.490 e. The number of fused-ring (bicyclic) bond motifs is 2. The topological polar surface area (TPSA) is 161 Å². The maximum atomic E-state index is 13.9. The molecule has 3 amide bonds. The van der Waals surface area contributed by atoms with E-state index < -0.39 is 41.3 Å². The number of benzene rings is 1. The lowest BCUT2D eigenvalue weighted by Gasteiger charge is -2.37. The van der Waals surface area contributed by atoms with E-state index in [1.807, 2.05) is 57.5 Å². The number of hydrogen-bond acceptors (Lipinski definition) is 8. The molecule has 46 heavy (non-hydrogen) atoms. The molecule has 252 valence electrons. The van der Waals surface area contributed by atoms with Crippen molar-refractivity contribution >= 4 is 35.0 Å². The Morgan fingerprint density at radius 1 is 1.13 bits per heavy atom. The van der Waals surface area contributed by atoms with Gasteiger partial charge in [0.05, 0.1) is 27.7 Å². The maximum absolute atomic E-state index is 13.9. The molecule has 0 saturated carbocycles. The van der Waals surface area contributed by atoms with E-state index in [0.717, 1.165) is 47.4 Å². The third-order valence-electron chi connectivity index (χ3n) is 8.68. The van der Waals surface area contributed by atoms with Crippen LogP contribution in [0.15, 0.2) is 29.8 Å². The van der Waals surface area contributed by atoms with Crippen LogP contribution in [0, 0.1) is 12.3 Å². The van der Waals surface area contributed by atoms with Gasteiger partial charge in [0.25, 0.3) is 0 Å². The predicted octanol–water partition coefficient (Wildman–Crippen LogP) is 3.15. The highest BCUT2D eigenvalue weighted by atomic mass is 32.1. The van der Waals surface area contributed by atoms with Gasteiger partial charge in [0, 0.05) is 25.6 Å². The van der Waals surface area contributed by atoms with Crippen molar-refractivity contribution in [3.05, 3.63) is 41.0 Å². The number of hydrogen-bond donors (Lipinski definition) is 5. The first-order chi connectivity index (χ1) is 21.4. The highest BCUT2D eigenvalue weighted by Crippen LogP contribution is 2.38. The van der Waals surface area contributed by atoms with Crippen molar-refractivity contribution < 1.29 is 42.6 Å². The number of carbonyl (C=O) groups is 4. The molecule has 3 saturated heterocycles. The fourth-order valence-electron chi connectivity index (χ4n) is 6.13. The van der Waals surface area contributed by atoms with Gasteiger partial charge in [-0.25, -0.2) is 9.78 Å². The summed E-state index contributed by atoms with van der Waals surface area (Å²) in [5.74, 6) is -3.54. The second-order valence-electron chi connectivity index (χ2n) is 13.2. The molecule has 11 nitrogen and oxygen atoms in total. The molecule has 5 rings (SSSR count). The Labute approximate surface area is 269 Å². The smallest absolute Gasteiger partial charge is 0.475 e. The number of nitrogens with one attached hydrogen (secondary N) is 3. The molecule has 1 aromatic carbocycles. The Kier molecular flexibility index (Phi) is 10.5. The number of aliphatic hydroxyl groups excluding tert-OH is 1. The third-order valence-corrected chi connectivity index (χ3v) is 9.66. The first kappa shape index (κ1) is 35.3. The quantitative estimate of drug-likeness (QED) is 0.301. The molecule has 15 heteroatoms. The van der Waals surface area contributed by atoms with E-state index in [4.69, 9.17) is 9.90 Å². The Balaban J connectivity index is 0.000000617. The molecule has 5 N–H and O–H groups in total. The van der Waals surface area contributed by atoms with Crippen LogP contribution in [-0.2, 0) is 25.7 Å². The van der Waals surface area contributed by atoms with E-state index in [0.29, 0.717) is 12.6 Å². The molecule has 3 aliphatic rings. The van der Waals surface area contributed by atoms with Gasteiger partial charge in [0.15, 0.2) is 0 Å². The van der Waals surface area contributed by atoms with Crippen LogP contribution in [0.5, 0.6) is 0 Å². The Morgan fingerprint density at radius 3 is 2.22 bits per heavy atom. The second kappa shape index (κ2) is 13.7. The van der Waals surface area contributed by atoms with Crippen LogP contribution in [0.1, 0.15) is 64.1 Å². The number of carboxylic acid groups (broad SMARTS) is 1. The van der Waals surface area contributed by atoms with Crippen LogP contribution >= 0.6 is 11.3 Å². The minimum Gasteiger partial charge on any atom is -0.475 e. The van der Waals surface area contributed by atoms with E-state index >= 15 is 0 Å². The number of aliphatic hydroxyl groups is 1. The van der Waals surface area contributed by atoms with Crippen LogP contribution < -0.4 is 16.0 Å². The van der Waals surface area contributed by atoms with Crippen LogP contribution in [0.4, 0.5) is 13.2 Å². The number of β-amino-alcohol motifs (C(OH)–C–C–N with tert-alkyl or cyclic N) is 1. The van der Waals surface area contributed by atoms with Gasteiger partial charge >= 0.3 is 12.1 Å². The molecule has 2 bridgehead atoms. The fourth-order valence-corrected chi connectivity index (χ4v) is 6.94. The highest BCUT2D eigenvalue weighted by Gasteiger charge is 2.52. The zero-order valence-electron chi connectivity index (χ0n) is 26.1. The monoisotopic (exact) mass is 667 g/mol. The minimum absolute atomic E-state index is 0.0632. The summed E-state index contributed by atoms with van der Waals surface area (Å²) in [6, 6.07) is 6.72. The van der Waals surface area contributed by atoms with E-state index in [9.17, 15) is 32.7 Å². The van der Waals surface area contributed by atoms with Crippen molar-refractivity contribution in [3.8, 4) is 10.4 Å². The summed E-state index contributed by atoms with van der Waals surface area (Å²) < 4.78 is 31.7. The van der Waals surface area contributed by atoms with Gasteiger partial charge in [-0.2, -0.15) is 13.2 Å². The zero-order valence-corrected chi connectivity index (χ0v) is 26.9. The molecule has 0 unspecified atom stereocenters. The minimum atomic E-state index is -5.08. The summed E-state index contributed by atoms with van der Waals surface area (Å²) >= 11 is 1.59.